The zero-order chi connectivity index (χ0) is 24.5. The zero-order valence-corrected chi connectivity index (χ0v) is 20.4. The highest BCUT2D eigenvalue weighted by Crippen LogP contribution is 2.27. The average Bonchev–Trinajstić information content (AvgIpc) is 2.88. The number of aliphatic hydroxyl groups is 1. The van der Waals surface area contributed by atoms with Crippen LogP contribution in [0.3, 0.4) is 0 Å². The molecule has 0 aliphatic carbocycles. The first kappa shape index (κ1) is 24.9. The summed E-state index contributed by atoms with van der Waals surface area (Å²) in [4.78, 5) is 18.2. The fourth-order valence-electron chi connectivity index (χ4n) is 3.95. The molecule has 35 heavy (non-hydrogen) atoms. The minimum atomic E-state index is -0.299. The lowest BCUT2D eigenvalue weighted by Crippen LogP contribution is -2.47. The maximum absolute atomic E-state index is 13.3. The standard InChI is InChI=1S/C25H31ClFN7O/c26-21-7-3-4-8-22(21)33-14-16-34(17-15-33)25-31-23(28-13-5-1-2-6-18-35)30-24(32-25)29-20-11-9-19(27)10-12-20/h3-4,7-12,35H,1-2,5-6,13-18H2,(H2,28,29,30,31,32). The van der Waals surface area contributed by atoms with Crippen molar-refractivity contribution in [3.05, 3.63) is 59.4 Å². The van der Waals surface area contributed by atoms with E-state index in [1.165, 1.54) is 12.1 Å². The predicted molar refractivity (Wildman–Crippen MR) is 139 cm³/mol. The van der Waals surface area contributed by atoms with E-state index in [1.54, 1.807) is 12.1 Å². The first-order chi connectivity index (χ1) is 17.1. The van der Waals surface area contributed by atoms with Crippen molar-refractivity contribution >= 4 is 40.8 Å². The quantitative estimate of drug-likeness (QED) is 0.327. The molecule has 3 N–H and O–H groups in total. The molecule has 1 saturated heterocycles. The van der Waals surface area contributed by atoms with Crippen LogP contribution in [-0.2, 0) is 0 Å². The lowest BCUT2D eigenvalue weighted by Gasteiger charge is -2.36. The molecule has 10 heteroatoms. The van der Waals surface area contributed by atoms with E-state index in [1.807, 2.05) is 24.3 Å². The lowest BCUT2D eigenvalue weighted by molar-refractivity contribution is 0.283. The monoisotopic (exact) mass is 499 g/mol. The summed E-state index contributed by atoms with van der Waals surface area (Å²) in [5.74, 6) is 1.19. The molecule has 0 bridgehead atoms. The van der Waals surface area contributed by atoms with Gasteiger partial charge in [0.05, 0.1) is 10.7 Å². The number of nitrogens with one attached hydrogen (secondary N) is 2. The van der Waals surface area contributed by atoms with E-state index in [2.05, 4.69) is 35.4 Å². The Morgan fingerprint density at radius 3 is 2.26 bits per heavy atom. The molecular weight excluding hydrogens is 469 g/mol. The number of halogens is 2. The van der Waals surface area contributed by atoms with Gasteiger partial charge in [-0.25, -0.2) is 4.39 Å². The molecule has 0 spiro atoms. The van der Waals surface area contributed by atoms with Crippen molar-refractivity contribution in [2.24, 2.45) is 0 Å². The van der Waals surface area contributed by atoms with Gasteiger partial charge in [-0.2, -0.15) is 15.0 Å². The SMILES string of the molecule is OCCCCCCNc1nc(Nc2ccc(F)cc2)nc(N2CCN(c3ccccc3Cl)CC2)n1. The van der Waals surface area contributed by atoms with Gasteiger partial charge in [-0.15, -0.1) is 0 Å². The maximum atomic E-state index is 13.3. The Kier molecular flexibility index (Phi) is 8.91. The van der Waals surface area contributed by atoms with Crippen molar-refractivity contribution < 1.29 is 9.50 Å². The topological polar surface area (TPSA) is 89.4 Å². The third kappa shape index (κ3) is 7.16. The van der Waals surface area contributed by atoms with Crippen molar-refractivity contribution in [3.8, 4) is 0 Å². The van der Waals surface area contributed by atoms with Crippen molar-refractivity contribution in [2.75, 3.05) is 59.8 Å². The van der Waals surface area contributed by atoms with Crippen molar-refractivity contribution in [2.45, 2.75) is 25.7 Å². The Morgan fingerprint density at radius 2 is 1.51 bits per heavy atom. The van der Waals surface area contributed by atoms with Crippen LogP contribution in [0.25, 0.3) is 0 Å². The second kappa shape index (κ2) is 12.5. The number of hydrogen-bond acceptors (Lipinski definition) is 8. The van der Waals surface area contributed by atoms with Crippen LogP contribution in [-0.4, -0.2) is 59.4 Å². The van der Waals surface area contributed by atoms with Gasteiger partial charge in [-0.1, -0.05) is 36.6 Å². The number of anilines is 5. The van der Waals surface area contributed by atoms with Gasteiger partial charge in [0, 0.05) is 45.0 Å². The fourth-order valence-corrected chi connectivity index (χ4v) is 4.20. The molecule has 0 atom stereocenters. The Bertz CT molecular complexity index is 1080. The van der Waals surface area contributed by atoms with Crippen LogP contribution in [0.2, 0.25) is 5.02 Å². The van der Waals surface area contributed by atoms with Gasteiger partial charge in [0.25, 0.3) is 0 Å². The molecule has 1 aliphatic heterocycles. The van der Waals surface area contributed by atoms with Crippen LogP contribution in [0.5, 0.6) is 0 Å². The second-order valence-electron chi connectivity index (χ2n) is 8.40. The Morgan fingerprint density at radius 1 is 0.829 bits per heavy atom. The number of piperazine rings is 1. The van der Waals surface area contributed by atoms with Crippen LogP contribution < -0.4 is 20.4 Å². The minimum absolute atomic E-state index is 0.229. The van der Waals surface area contributed by atoms with Crippen LogP contribution in [0, 0.1) is 5.82 Å². The average molecular weight is 500 g/mol. The smallest absolute Gasteiger partial charge is 0.233 e. The third-order valence-corrected chi connectivity index (χ3v) is 6.17. The van der Waals surface area contributed by atoms with E-state index in [-0.39, 0.29) is 12.4 Å². The van der Waals surface area contributed by atoms with Crippen molar-refractivity contribution in [1.29, 1.82) is 0 Å². The summed E-state index contributed by atoms with van der Waals surface area (Å²) in [5.41, 5.74) is 1.73. The van der Waals surface area contributed by atoms with Crippen molar-refractivity contribution in [3.63, 3.8) is 0 Å². The summed E-state index contributed by atoms with van der Waals surface area (Å²) < 4.78 is 13.3. The highest BCUT2D eigenvalue weighted by molar-refractivity contribution is 6.33. The van der Waals surface area contributed by atoms with E-state index in [9.17, 15) is 4.39 Å². The van der Waals surface area contributed by atoms with Gasteiger partial charge >= 0.3 is 0 Å². The molecule has 0 unspecified atom stereocenters. The van der Waals surface area contributed by atoms with Gasteiger partial charge in [-0.3, -0.25) is 0 Å². The number of aliphatic hydroxyl groups excluding tert-OH is 1. The summed E-state index contributed by atoms with van der Waals surface area (Å²) >= 11 is 6.39. The Hall–Kier alpha value is -3.17. The molecular formula is C25H31ClFN7O. The summed E-state index contributed by atoms with van der Waals surface area (Å²) in [7, 11) is 0. The van der Waals surface area contributed by atoms with Gasteiger partial charge in [-0.05, 0) is 49.2 Å². The molecule has 0 radical (unpaired) electrons. The molecule has 4 rings (SSSR count). The maximum Gasteiger partial charge on any atom is 0.233 e. The van der Waals surface area contributed by atoms with E-state index in [0.29, 0.717) is 23.5 Å². The molecule has 1 aromatic heterocycles. The number of para-hydroxylation sites is 1. The van der Waals surface area contributed by atoms with Crippen LogP contribution in [0.15, 0.2) is 48.5 Å². The van der Waals surface area contributed by atoms with Gasteiger partial charge in [0.15, 0.2) is 0 Å². The van der Waals surface area contributed by atoms with E-state index in [4.69, 9.17) is 16.7 Å². The summed E-state index contributed by atoms with van der Waals surface area (Å²) in [5, 5.41) is 16.1. The lowest BCUT2D eigenvalue weighted by atomic mass is 10.2. The van der Waals surface area contributed by atoms with E-state index >= 15 is 0 Å². The molecule has 186 valence electrons. The van der Waals surface area contributed by atoms with Crippen molar-refractivity contribution in [1.82, 2.24) is 15.0 Å². The number of aromatic nitrogens is 3. The van der Waals surface area contributed by atoms with E-state index < -0.39 is 0 Å². The summed E-state index contributed by atoms with van der Waals surface area (Å²) in [6.07, 6.45) is 3.80. The molecule has 2 aromatic carbocycles. The first-order valence-electron chi connectivity index (χ1n) is 12.0. The second-order valence-corrected chi connectivity index (χ2v) is 8.81. The summed E-state index contributed by atoms with van der Waals surface area (Å²) in [6, 6.07) is 14.0. The molecule has 3 aromatic rings. The van der Waals surface area contributed by atoms with E-state index in [0.717, 1.165) is 69.1 Å². The third-order valence-electron chi connectivity index (χ3n) is 5.85. The van der Waals surface area contributed by atoms with Crippen LogP contribution in [0.4, 0.5) is 33.6 Å². The number of nitrogens with zero attached hydrogens (tertiary/aromatic N) is 5. The fraction of sp³-hybridized carbons (Fsp3) is 0.400. The van der Waals surface area contributed by atoms with Gasteiger partial charge in [0.2, 0.25) is 17.8 Å². The highest BCUT2D eigenvalue weighted by Gasteiger charge is 2.22. The predicted octanol–water partition coefficient (Wildman–Crippen LogP) is 4.70. The normalized spacial score (nSPS) is 13.7. The van der Waals surface area contributed by atoms with Gasteiger partial charge < -0.3 is 25.5 Å². The molecule has 0 amide bonds. The minimum Gasteiger partial charge on any atom is -0.396 e. The molecule has 8 nitrogen and oxygen atoms in total. The number of unbranched alkanes of at least 4 members (excludes halogenated alkanes) is 3. The Balaban J connectivity index is 1.45. The molecule has 2 heterocycles. The van der Waals surface area contributed by atoms with Crippen LogP contribution >= 0.6 is 11.6 Å². The number of benzene rings is 2. The largest absolute Gasteiger partial charge is 0.396 e. The Labute approximate surface area is 210 Å². The zero-order valence-electron chi connectivity index (χ0n) is 19.6. The van der Waals surface area contributed by atoms with Gasteiger partial charge in [0.1, 0.15) is 5.82 Å². The highest BCUT2D eigenvalue weighted by atomic mass is 35.5. The molecule has 0 saturated carbocycles. The number of rotatable bonds is 11. The molecule has 1 aliphatic rings. The summed E-state index contributed by atoms with van der Waals surface area (Å²) in [6.45, 7) is 4.03. The first-order valence-corrected chi connectivity index (χ1v) is 12.4. The van der Waals surface area contributed by atoms with Crippen LogP contribution in [0.1, 0.15) is 25.7 Å². The number of hydrogen-bond donors (Lipinski definition) is 3. The molecule has 1 fully saturated rings.